The molecule has 0 spiro atoms. The molecule has 0 aliphatic carbocycles. The summed E-state index contributed by atoms with van der Waals surface area (Å²) in [4.78, 5) is 31.5. The molecular weight excluding hydrogens is 719 g/mol. The van der Waals surface area contributed by atoms with E-state index in [4.69, 9.17) is 25.9 Å². The summed E-state index contributed by atoms with van der Waals surface area (Å²) < 4.78 is 23.6. The molecule has 14 heteroatoms. The minimum Gasteiger partial charge on any atom is -0.398 e. The minimum atomic E-state index is -3.36. The van der Waals surface area contributed by atoms with Crippen LogP contribution in [0.2, 0.25) is 0 Å². The van der Waals surface area contributed by atoms with E-state index in [2.05, 4.69) is 5.32 Å². The summed E-state index contributed by atoms with van der Waals surface area (Å²) in [5.41, 5.74) is 15.9. The second-order valence-electron chi connectivity index (χ2n) is 13.5. The van der Waals surface area contributed by atoms with Gasteiger partial charge in [0.1, 0.15) is 18.0 Å². The van der Waals surface area contributed by atoms with Crippen LogP contribution >= 0.6 is 7.60 Å². The molecule has 292 valence electrons. The Morgan fingerprint density at radius 3 is 1.80 bits per heavy atom. The molecule has 1 fully saturated rings. The number of carbonyl (C=O) groups excluding carboxylic acids is 2. The highest BCUT2D eigenvalue weighted by molar-refractivity contribution is 7.53. The molecule has 1 aliphatic rings. The molecule has 13 nitrogen and oxygen atoms in total. The quantitative estimate of drug-likeness (QED) is 0.0372. The van der Waals surface area contributed by atoms with Crippen molar-refractivity contribution in [3.63, 3.8) is 0 Å². The number of anilines is 1. The van der Waals surface area contributed by atoms with Gasteiger partial charge in [0, 0.05) is 36.4 Å². The lowest BCUT2D eigenvalue weighted by molar-refractivity contribution is -0.0408. The van der Waals surface area contributed by atoms with Crippen LogP contribution in [-0.2, 0) is 39.5 Å². The van der Waals surface area contributed by atoms with E-state index in [0.29, 0.717) is 27.9 Å². The summed E-state index contributed by atoms with van der Waals surface area (Å²) in [7, 11) is -3.36. The van der Waals surface area contributed by atoms with Crippen LogP contribution < -0.4 is 16.8 Å². The number of amidine groups is 1. The first-order valence-electron chi connectivity index (χ1n) is 18.4. The standard InChI is InChI=1S/C41H51N6O7P/c1-3-53-55(52,54-4-2)21-20-45-40(50)32-17-11-16-30(22-32)26-46-35(24-28-12-7-5-8-13-28)37(48)38(49)36(25-29-14-9-6-10-15-29)47(41(46)51)27-31-18-19-34(42)33(23-31)39(43)44/h5-19,22-23,35-38,48-49H,3-4,20-21,24-27,42H2,1-2H3,(H3,43,44)(H,45,50)/t35-,36-,37+,38+/m1/s1. The van der Waals surface area contributed by atoms with Crippen LogP contribution in [0.3, 0.4) is 0 Å². The fraction of sp³-hybridized carbons (Fsp3) is 0.341. The van der Waals surface area contributed by atoms with E-state index in [1.165, 1.54) is 0 Å². The highest BCUT2D eigenvalue weighted by Crippen LogP contribution is 2.47. The van der Waals surface area contributed by atoms with Crippen molar-refractivity contribution in [1.82, 2.24) is 15.1 Å². The van der Waals surface area contributed by atoms with Crippen molar-refractivity contribution in [1.29, 1.82) is 5.41 Å². The summed E-state index contributed by atoms with van der Waals surface area (Å²) >= 11 is 0. The maximum Gasteiger partial charge on any atom is 0.332 e. The smallest absolute Gasteiger partial charge is 0.332 e. The first-order valence-corrected chi connectivity index (χ1v) is 20.1. The molecule has 4 atom stereocenters. The zero-order valence-corrected chi connectivity index (χ0v) is 32.1. The molecule has 8 N–H and O–H groups in total. The Hall–Kier alpha value is -5.04. The number of hydrogen-bond acceptors (Lipinski definition) is 9. The zero-order chi connectivity index (χ0) is 39.5. The van der Waals surface area contributed by atoms with Crippen LogP contribution in [0.4, 0.5) is 10.5 Å². The van der Waals surface area contributed by atoms with E-state index in [0.717, 1.165) is 11.1 Å². The molecule has 1 aliphatic heterocycles. The van der Waals surface area contributed by atoms with Crippen LogP contribution in [0.5, 0.6) is 0 Å². The Labute approximate surface area is 322 Å². The maximum atomic E-state index is 15.1. The van der Waals surface area contributed by atoms with Crippen molar-refractivity contribution in [2.45, 2.75) is 64.1 Å². The highest BCUT2D eigenvalue weighted by atomic mass is 31.2. The number of hydrogen-bond donors (Lipinski definition) is 6. The molecule has 1 heterocycles. The lowest BCUT2D eigenvalue weighted by atomic mass is 9.90. The molecule has 0 aromatic heterocycles. The summed E-state index contributed by atoms with van der Waals surface area (Å²) in [5.74, 6) is -0.627. The fourth-order valence-electron chi connectivity index (χ4n) is 6.92. The number of rotatable bonds is 17. The summed E-state index contributed by atoms with van der Waals surface area (Å²) in [6.45, 7) is 3.94. The van der Waals surface area contributed by atoms with E-state index >= 15 is 4.79 Å². The SMILES string of the molecule is CCOP(=O)(CCNC(=O)c1cccc(CN2C(=O)N(Cc3ccc(N)c(C(=N)N)c3)[C@H](Cc3ccccc3)[C@H](O)[C@@H](O)[C@H]2Cc2ccccc2)c1)OCC. The third-order valence-corrected chi connectivity index (χ3v) is 11.7. The van der Waals surface area contributed by atoms with Gasteiger partial charge in [-0.3, -0.25) is 14.8 Å². The Bertz CT molecular complexity index is 1960. The second kappa shape index (κ2) is 19.0. The van der Waals surface area contributed by atoms with E-state index in [-0.39, 0.29) is 57.7 Å². The minimum absolute atomic E-state index is 0.000105. The summed E-state index contributed by atoms with van der Waals surface area (Å²) in [6.07, 6.45) is -2.22. The average Bonchev–Trinajstić information content (AvgIpc) is 3.23. The van der Waals surface area contributed by atoms with Crippen molar-refractivity contribution < 1.29 is 33.4 Å². The van der Waals surface area contributed by atoms with Gasteiger partial charge in [-0.15, -0.1) is 0 Å². The topological polar surface area (TPSA) is 205 Å². The van der Waals surface area contributed by atoms with Gasteiger partial charge < -0.3 is 45.8 Å². The second-order valence-corrected chi connectivity index (χ2v) is 15.7. The van der Waals surface area contributed by atoms with Gasteiger partial charge in [0.15, 0.2) is 0 Å². The first-order chi connectivity index (χ1) is 26.4. The first kappa shape index (κ1) is 41.1. The van der Waals surface area contributed by atoms with Crippen molar-refractivity contribution in [3.8, 4) is 0 Å². The van der Waals surface area contributed by atoms with Crippen LogP contribution in [-0.4, -0.2) is 88.0 Å². The van der Waals surface area contributed by atoms with Crippen LogP contribution in [0.1, 0.15) is 52.0 Å². The van der Waals surface area contributed by atoms with Crippen molar-refractivity contribution >= 4 is 31.1 Å². The van der Waals surface area contributed by atoms with Gasteiger partial charge in [-0.1, -0.05) is 78.9 Å². The monoisotopic (exact) mass is 770 g/mol. The fourth-order valence-corrected chi connectivity index (χ4v) is 8.43. The average molecular weight is 771 g/mol. The third kappa shape index (κ3) is 10.6. The van der Waals surface area contributed by atoms with Crippen molar-refractivity contribution in [2.75, 3.05) is 31.7 Å². The number of urea groups is 1. The molecule has 0 unspecified atom stereocenters. The Morgan fingerprint density at radius 2 is 1.29 bits per heavy atom. The molecule has 3 amide bonds. The number of carbonyl (C=O) groups is 2. The third-order valence-electron chi connectivity index (χ3n) is 9.63. The van der Waals surface area contributed by atoms with Gasteiger partial charge in [0.25, 0.3) is 5.91 Å². The predicted octanol–water partition coefficient (Wildman–Crippen LogP) is 4.93. The molecule has 0 radical (unpaired) electrons. The number of aliphatic hydroxyl groups is 2. The molecular formula is C41H51N6O7P. The lowest BCUT2D eigenvalue weighted by Crippen LogP contribution is -2.50. The van der Waals surface area contributed by atoms with Crippen LogP contribution in [0.15, 0.2) is 103 Å². The Kier molecular flexibility index (Phi) is 14.2. The molecule has 0 bridgehead atoms. The van der Waals surface area contributed by atoms with Gasteiger partial charge in [0.2, 0.25) is 0 Å². The largest absolute Gasteiger partial charge is 0.398 e. The number of nitrogen functional groups attached to an aromatic ring is 2. The highest BCUT2D eigenvalue weighted by Gasteiger charge is 2.46. The van der Waals surface area contributed by atoms with Gasteiger partial charge >= 0.3 is 13.6 Å². The zero-order valence-electron chi connectivity index (χ0n) is 31.2. The van der Waals surface area contributed by atoms with Gasteiger partial charge in [-0.05, 0) is 73.2 Å². The normalized spacial score (nSPS) is 18.9. The molecule has 5 rings (SSSR count). The molecule has 4 aromatic rings. The predicted molar refractivity (Wildman–Crippen MR) is 213 cm³/mol. The van der Waals surface area contributed by atoms with Crippen LogP contribution in [0, 0.1) is 5.41 Å². The van der Waals surface area contributed by atoms with Gasteiger partial charge in [-0.2, -0.15) is 0 Å². The van der Waals surface area contributed by atoms with Gasteiger partial charge in [0.05, 0.1) is 31.5 Å². The molecule has 0 saturated carbocycles. The van der Waals surface area contributed by atoms with E-state index in [9.17, 15) is 19.6 Å². The van der Waals surface area contributed by atoms with E-state index < -0.39 is 43.8 Å². The molecule has 55 heavy (non-hydrogen) atoms. The van der Waals surface area contributed by atoms with Crippen molar-refractivity contribution in [2.24, 2.45) is 5.73 Å². The molecule has 1 saturated heterocycles. The number of nitrogens with two attached hydrogens (primary N) is 2. The molecule has 4 aromatic carbocycles. The number of nitrogens with zero attached hydrogens (tertiary/aromatic N) is 2. The number of amides is 3. The maximum absolute atomic E-state index is 15.1. The number of aliphatic hydroxyl groups excluding tert-OH is 2. The van der Waals surface area contributed by atoms with E-state index in [1.54, 1.807) is 66.1 Å². The van der Waals surface area contributed by atoms with E-state index in [1.807, 2.05) is 60.7 Å². The summed E-state index contributed by atoms with van der Waals surface area (Å²) in [5, 5.41) is 34.9. The summed E-state index contributed by atoms with van der Waals surface area (Å²) in [6, 6.07) is 28.6. The van der Waals surface area contributed by atoms with Crippen molar-refractivity contribution in [3.05, 3.63) is 137 Å². The van der Waals surface area contributed by atoms with Gasteiger partial charge in [-0.25, -0.2) is 4.79 Å². The Morgan fingerprint density at radius 1 is 0.782 bits per heavy atom. The number of benzene rings is 4. The Balaban J connectivity index is 1.51. The lowest BCUT2D eigenvalue weighted by Gasteiger charge is -2.36. The van der Waals surface area contributed by atoms with Crippen LogP contribution in [0.25, 0.3) is 0 Å². The number of nitrogens with one attached hydrogen (secondary N) is 2.